The molecule has 1 aromatic rings. The van der Waals surface area contributed by atoms with Gasteiger partial charge in [-0.15, -0.1) is 0 Å². The monoisotopic (exact) mass is 205 g/mol. The van der Waals surface area contributed by atoms with Crippen molar-refractivity contribution < 1.29 is 4.79 Å². The van der Waals surface area contributed by atoms with Crippen LogP contribution < -0.4 is 5.32 Å². The SMILES string of the molecule is CNC(C(C)=O)c1ccc(C)c(C)c1C. The number of carbonyl (C=O) groups excluding carboxylic acids is 1. The Morgan fingerprint density at radius 2 is 1.80 bits per heavy atom. The standard InChI is InChI=1S/C13H19NO/c1-8-6-7-12(10(3)9(8)2)13(14-5)11(4)15/h6-7,13-14H,1-5H3. The van der Waals surface area contributed by atoms with Crippen molar-refractivity contribution in [3.63, 3.8) is 0 Å². The van der Waals surface area contributed by atoms with E-state index in [1.807, 2.05) is 13.1 Å². The summed E-state index contributed by atoms with van der Waals surface area (Å²) in [6.45, 7) is 7.88. The molecule has 2 heteroatoms. The van der Waals surface area contributed by atoms with Gasteiger partial charge in [-0.1, -0.05) is 12.1 Å². The van der Waals surface area contributed by atoms with Crippen LogP contribution in [0.5, 0.6) is 0 Å². The number of carbonyl (C=O) groups is 1. The van der Waals surface area contributed by atoms with Crippen LogP contribution in [0.15, 0.2) is 12.1 Å². The zero-order valence-corrected chi connectivity index (χ0v) is 10.1. The topological polar surface area (TPSA) is 29.1 Å². The van der Waals surface area contributed by atoms with Gasteiger partial charge in [0, 0.05) is 0 Å². The van der Waals surface area contributed by atoms with Crippen molar-refractivity contribution >= 4 is 5.78 Å². The fourth-order valence-electron chi connectivity index (χ4n) is 1.87. The summed E-state index contributed by atoms with van der Waals surface area (Å²) >= 11 is 0. The minimum absolute atomic E-state index is 0.156. The molecule has 0 saturated heterocycles. The second kappa shape index (κ2) is 4.58. The maximum atomic E-state index is 11.5. The Balaban J connectivity index is 3.25. The van der Waals surface area contributed by atoms with Gasteiger partial charge in [0.2, 0.25) is 0 Å². The molecule has 82 valence electrons. The average molecular weight is 205 g/mol. The normalized spacial score (nSPS) is 12.6. The van der Waals surface area contributed by atoms with E-state index in [9.17, 15) is 4.79 Å². The fourth-order valence-corrected chi connectivity index (χ4v) is 1.87. The van der Waals surface area contributed by atoms with Crippen LogP contribution in [0.2, 0.25) is 0 Å². The number of benzene rings is 1. The zero-order chi connectivity index (χ0) is 11.6. The van der Waals surface area contributed by atoms with Crippen LogP contribution in [0.3, 0.4) is 0 Å². The lowest BCUT2D eigenvalue weighted by Crippen LogP contribution is -2.24. The first-order chi connectivity index (χ1) is 6.99. The Kier molecular flexibility index (Phi) is 3.64. The smallest absolute Gasteiger partial charge is 0.151 e. The highest BCUT2D eigenvalue weighted by Gasteiger charge is 2.17. The molecule has 0 saturated carbocycles. The number of rotatable bonds is 3. The van der Waals surface area contributed by atoms with E-state index in [0.29, 0.717) is 0 Å². The number of likely N-dealkylation sites (N-methyl/N-ethyl adjacent to an activating group) is 1. The van der Waals surface area contributed by atoms with Crippen molar-refractivity contribution in [3.8, 4) is 0 Å². The summed E-state index contributed by atoms with van der Waals surface area (Å²) in [5, 5.41) is 3.06. The first kappa shape index (κ1) is 11.9. The number of nitrogens with one attached hydrogen (secondary N) is 1. The molecular weight excluding hydrogens is 186 g/mol. The summed E-state index contributed by atoms with van der Waals surface area (Å²) in [6, 6.07) is 3.94. The summed E-state index contributed by atoms with van der Waals surface area (Å²) in [5.41, 5.74) is 4.85. The minimum Gasteiger partial charge on any atom is -0.307 e. The third-order valence-electron chi connectivity index (χ3n) is 3.11. The maximum absolute atomic E-state index is 11.5. The molecule has 1 atom stereocenters. The Morgan fingerprint density at radius 1 is 1.20 bits per heavy atom. The summed E-state index contributed by atoms with van der Waals surface area (Å²) in [5.74, 6) is 0.156. The predicted molar refractivity (Wildman–Crippen MR) is 63.1 cm³/mol. The molecular formula is C13H19NO. The molecule has 0 spiro atoms. The molecule has 0 aliphatic carbocycles. The molecule has 0 heterocycles. The lowest BCUT2D eigenvalue weighted by molar-refractivity contribution is -0.119. The molecule has 0 aliphatic rings. The van der Waals surface area contributed by atoms with Gasteiger partial charge in [0.25, 0.3) is 0 Å². The number of hydrogen-bond acceptors (Lipinski definition) is 2. The van der Waals surface area contributed by atoms with Crippen molar-refractivity contribution in [3.05, 3.63) is 34.4 Å². The largest absolute Gasteiger partial charge is 0.307 e. The molecule has 1 rings (SSSR count). The van der Waals surface area contributed by atoms with Gasteiger partial charge in [-0.05, 0) is 57.0 Å². The molecule has 1 unspecified atom stereocenters. The predicted octanol–water partition coefficient (Wildman–Crippen LogP) is 2.46. The van der Waals surface area contributed by atoms with Gasteiger partial charge in [0.05, 0.1) is 6.04 Å². The lowest BCUT2D eigenvalue weighted by Gasteiger charge is -2.18. The van der Waals surface area contributed by atoms with Crippen molar-refractivity contribution in [1.82, 2.24) is 5.32 Å². The van der Waals surface area contributed by atoms with E-state index in [2.05, 4.69) is 32.2 Å². The van der Waals surface area contributed by atoms with Crippen LogP contribution in [0.25, 0.3) is 0 Å². The lowest BCUT2D eigenvalue weighted by atomic mass is 9.93. The number of aryl methyl sites for hydroxylation is 1. The third-order valence-corrected chi connectivity index (χ3v) is 3.11. The molecule has 1 aromatic carbocycles. The van der Waals surface area contributed by atoms with Crippen LogP contribution in [0.4, 0.5) is 0 Å². The first-order valence-electron chi connectivity index (χ1n) is 5.23. The van der Waals surface area contributed by atoms with Gasteiger partial charge < -0.3 is 5.32 Å². The highest BCUT2D eigenvalue weighted by atomic mass is 16.1. The number of hydrogen-bond donors (Lipinski definition) is 1. The fraction of sp³-hybridized carbons (Fsp3) is 0.462. The van der Waals surface area contributed by atoms with Gasteiger partial charge in [-0.2, -0.15) is 0 Å². The van der Waals surface area contributed by atoms with Crippen LogP contribution in [0, 0.1) is 20.8 Å². The summed E-state index contributed by atoms with van der Waals surface area (Å²) in [4.78, 5) is 11.5. The van der Waals surface area contributed by atoms with Gasteiger partial charge in [0.15, 0.2) is 5.78 Å². The first-order valence-corrected chi connectivity index (χ1v) is 5.23. The molecule has 0 amide bonds. The molecule has 1 N–H and O–H groups in total. The van der Waals surface area contributed by atoms with E-state index in [1.54, 1.807) is 6.92 Å². The Labute approximate surface area is 91.7 Å². The van der Waals surface area contributed by atoms with Crippen molar-refractivity contribution in [2.75, 3.05) is 7.05 Å². The molecule has 0 aliphatic heterocycles. The van der Waals surface area contributed by atoms with Gasteiger partial charge in [-0.25, -0.2) is 0 Å². The molecule has 0 radical (unpaired) electrons. The number of ketones is 1. The molecule has 0 bridgehead atoms. The zero-order valence-electron chi connectivity index (χ0n) is 10.1. The highest BCUT2D eigenvalue weighted by molar-refractivity contribution is 5.83. The quantitative estimate of drug-likeness (QED) is 0.821. The van der Waals surface area contributed by atoms with Gasteiger partial charge >= 0.3 is 0 Å². The van der Waals surface area contributed by atoms with Crippen LogP contribution in [-0.4, -0.2) is 12.8 Å². The Bertz CT molecular complexity index is 382. The second-order valence-corrected chi connectivity index (χ2v) is 4.05. The molecule has 0 fully saturated rings. The molecule has 2 nitrogen and oxygen atoms in total. The highest BCUT2D eigenvalue weighted by Crippen LogP contribution is 2.23. The molecule has 0 aromatic heterocycles. The summed E-state index contributed by atoms with van der Waals surface area (Å²) in [6.07, 6.45) is 0. The van der Waals surface area contributed by atoms with E-state index >= 15 is 0 Å². The van der Waals surface area contributed by atoms with Crippen LogP contribution in [0.1, 0.15) is 35.2 Å². The van der Waals surface area contributed by atoms with E-state index in [-0.39, 0.29) is 11.8 Å². The minimum atomic E-state index is -0.177. The van der Waals surface area contributed by atoms with Gasteiger partial charge in [-0.3, -0.25) is 4.79 Å². The Morgan fingerprint density at radius 3 is 2.27 bits per heavy atom. The maximum Gasteiger partial charge on any atom is 0.151 e. The summed E-state index contributed by atoms with van der Waals surface area (Å²) < 4.78 is 0. The Hall–Kier alpha value is -1.15. The third kappa shape index (κ3) is 2.26. The second-order valence-electron chi connectivity index (χ2n) is 4.05. The summed E-state index contributed by atoms with van der Waals surface area (Å²) in [7, 11) is 1.82. The van der Waals surface area contributed by atoms with Crippen molar-refractivity contribution in [2.45, 2.75) is 33.7 Å². The number of Topliss-reactive ketones (excluding diaryl/α,β-unsaturated/α-hetero) is 1. The average Bonchev–Trinajstić information content (AvgIpc) is 2.18. The van der Waals surface area contributed by atoms with Crippen molar-refractivity contribution in [2.24, 2.45) is 0 Å². The van der Waals surface area contributed by atoms with E-state index in [0.717, 1.165) is 5.56 Å². The van der Waals surface area contributed by atoms with E-state index in [1.165, 1.54) is 16.7 Å². The van der Waals surface area contributed by atoms with Crippen molar-refractivity contribution in [1.29, 1.82) is 0 Å². The molecule has 15 heavy (non-hydrogen) atoms. The van der Waals surface area contributed by atoms with Gasteiger partial charge in [0.1, 0.15) is 0 Å². The van der Waals surface area contributed by atoms with E-state index in [4.69, 9.17) is 0 Å². The van der Waals surface area contributed by atoms with Crippen LogP contribution in [-0.2, 0) is 4.79 Å². The van der Waals surface area contributed by atoms with Crippen LogP contribution >= 0.6 is 0 Å². The van der Waals surface area contributed by atoms with E-state index < -0.39 is 0 Å².